The van der Waals surface area contributed by atoms with Crippen LogP contribution in [-0.2, 0) is 43.4 Å². The first-order chi connectivity index (χ1) is 26.4. The van der Waals surface area contributed by atoms with Crippen LogP contribution in [-0.4, -0.2) is 53.3 Å². The predicted molar refractivity (Wildman–Crippen MR) is 270 cm³/mol. The Balaban J connectivity index is 0.000000391. The van der Waals surface area contributed by atoms with Crippen LogP contribution in [0.15, 0.2) is 97.1 Å². The van der Waals surface area contributed by atoms with E-state index < -0.39 is 0 Å². The van der Waals surface area contributed by atoms with Crippen LogP contribution < -0.4 is 46.0 Å². The fraction of sp³-hybridized carbons (Fsp3) is 0.308. The van der Waals surface area contributed by atoms with Crippen molar-refractivity contribution in [3.8, 4) is 0 Å². The van der Waals surface area contributed by atoms with Gasteiger partial charge in [0.2, 0.25) is 0 Å². The average molecular weight is 980 g/mol. The zero-order valence-electron chi connectivity index (χ0n) is 38.8. The first-order valence-electron chi connectivity index (χ1n) is 19.7. The molecule has 0 unspecified atom stereocenters. The maximum atomic E-state index is 2.36. The standard InChI is InChI=1S/4C13H16P.2ClH.2Ti/c4*1-9-5-6-10(2)13-8-11(14(3)4)7-12(9)13;;;;/h4*5-8H,1-4H3;2*1H;;/q4*-1;;;2*+2/p-2. The molecule has 0 spiro atoms. The molecule has 0 nitrogen and oxygen atoms in total. The maximum Gasteiger partial charge on any atom is 2.00 e. The molecule has 0 saturated heterocycles. The molecular formula is C52H64Cl2P4Ti2-2. The van der Waals surface area contributed by atoms with E-state index in [0.29, 0.717) is 0 Å². The SMILES string of the molecule is Cc1ccc(C)c2[cH-]c(P(C)C)cc12.Cc1ccc(C)c2[cH-]c(P(C)C)cc12.Cc1ccc(C)c2[cH-]c(P(C)C)cc12.Cc1ccc(C)c2[cH-]c(P(C)C)cc12.[Cl-].[Cl-].[Ti+2].[Ti+2]. The van der Waals surface area contributed by atoms with Gasteiger partial charge in [0.1, 0.15) is 0 Å². The molecule has 0 aliphatic heterocycles. The predicted octanol–water partition coefficient (Wildman–Crippen LogP) is 8.17. The zero-order valence-corrected chi connectivity index (χ0v) is 47.0. The third kappa shape index (κ3) is 13.5. The third-order valence-corrected chi connectivity index (χ3v) is 16.5. The molecule has 0 atom stereocenters. The van der Waals surface area contributed by atoms with E-state index >= 15 is 0 Å². The molecule has 0 saturated carbocycles. The van der Waals surface area contributed by atoms with Gasteiger partial charge in [-0.15, -0.1) is 167 Å². The van der Waals surface area contributed by atoms with E-state index in [-0.39, 0.29) is 99.9 Å². The van der Waals surface area contributed by atoms with Gasteiger partial charge in [-0.25, -0.2) is 0 Å². The van der Waals surface area contributed by atoms with E-state index in [9.17, 15) is 0 Å². The van der Waals surface area contributed by atoms with Crippen molar-refractivity contribution < 1.29 is 68.2 Å². The van der Waals surface area contributed by atoms with Crippen LogP contribution in [0.3, 0.4) is 0 Å². The first-order valence-corrected chi connectivity index (χ1v) is 28.7. The number of halogens is 2. The summed E-state index contributed by atoms with van der Waals surface area (Å²) in [5, 5.41) is 17.6. The van der Waals surface area contributed by atoms with Gasteiger partial charge in [0.05, 0.1) is 0 Å². The summed E-state index contributed by atoms with van der Waals surface area (Å²) in [4.78, 5) is 0. The van der Waals surface area contributed by atoms with Crippen LogP contribution in [0.2, 0.25) is 0 Å². The monoisotopic (exact) mass is 978 g/mol. The molecule has 8 aromatic rings. The van der Waals surface area contributed by atoms with Crippen molar-refractivity contribution in [3.05, 3.63) is 142 Å². The maximum absolute atomic E-state index is 2.36. The minimum atomic E-state index is 0. The minimum Gasteiger partial charge on any atom is -1.00 e. The third-order valence-electron chi connectivity index (χ3n) is 11.3. The average Bonchev–Trinajstić information content (AvgIpc) is 3.97. The summed E-state index contributed by atoms with van der Waals surface area (Å²) in [6.07, 6.45) is 0. The van der Waals surface area contributed by atoms with Gasteiger partial charge in [-0.1, -0.05) is 74.2 Å². The van der Waals surface area contributed by atoms with Gasteiger partial charge < -0.3 is 24.8 Å². The molecule has 0 aliphatic rings. The Bertz CT molecular complexity index is 2080. The second kappa shape index (κ2) is 24.9. The Morgan fingerprint density at radius 1 is 0.283 bits per heavy atom. The number of hydrogen-bond acceptors (Lipinski definition) is 0. The summed E-state index contributed by atoms with van der Waals surface area (Å²) in [5.41, 5.74) is 11.2. The number of benzene rings is 4. The van der Waals surface area contributed by atoms with Crippen molar-refractivity contribution in [2.75, 3.05) is 53.3 Å². The van der Waals surface area contributed by atoms with Crippen molar-refractivity contribution in [2.24, 2.45) is 0 Å². The van der Waals surface area contributed by atoms with Gasteiger partial charge >= 0.3 is 43.4 Å². The normalized spacial score (nSPS) is 10.7. The largest absolute Gasteiger partial charge is 2.00 e. The first kappa shape index (κ1) is 57.1. The fourth-order valence-corrected chi connectivity index (χ4v) is 10.4. The Morgan fingerprint density at radius 2 is 0.433 bits per heavy atom. The Labute approximate surface area is 410 Å². The number of aryl methyl sites for hydroxylation is 8. The van der Waals surface area contributed by atoms with E-state index in [0.717, 1.165) is 0 Å². The molecular weight excluding hydrogens is 915 g/mol. The van der Waals surface area contributed by atoms with E-state index in [1.807, 2.05) is 0 Å². The Kier molecular flexibility index (Phi) is 23.7. The van der Waals surface area contributed by atoms with Crippen LogP contribution in [0.5, 0.6) is 0 Å². The van der Waals surface area contributed by atoms with Gasteiger partial charge in [0.25, 0.3) is 0 Å². The van der Waals surface area contributed by atoms with Gasteiger partial charge in [0.15, 0.2) is 0 Å². The van der Waals surface area contributed by atoms with Crippen LogP contribution >= 0.6 is 31.7 Å². The molecule has 60 heavy (non-hydrogen) atoms. The summed E-state index contributed by atoms with van der Waals surface area (Å²) >= 11 is 0. The molecule has 8 aromatic carbocycles. The summed E-state index contributed by atoms with van der Waals surface area (Å²) in [6, 6.07) is 36.7. The second-order valence-electron chi connectivity index (χ2n) is 16.5. The molecule has 0 radical (unpaired) electrons. The van der Waals surface area contributed by atoms with E-state index in [1.54, 1.807) is 0 Å². The van der Waals surface area contributed by atoms with E-state index in [4.69, 9.17) is 0 Å². The fourth-order valence-electron chi connectivity index (χ4n) is 7.33. The Morgan fingerprint density at radius 3 is 0.567 bits per heavy atom. The molecule has 0 aromatic heterocycles. The molecule has 316 valence electrons. The number of rotatable bonds is 4. The van der Waals surface area contributed by atoms with Crippen molar-refractivity contribution in [3.63, 3.8) is 0 Å². The van der Waals surface area contributed by atoms with Crippen molar-refractivity contribution >= 4 is 96.0 Å². The molecule has 0 bridgehead atoms. The van der Waals surface area contributed by atoms with Crippen LogP contribution in [0.1, 0.15) is 44.5 Å². The minimum absolute atomic E-state index is 0. The molecule has 0 N–H and O–H groups in total. The summed E-state index contributed by atoms with van der Waals surface area (Å²) in [5.74, 6) is 0. The van der Waals surface area contributed by atoms with Gasteiger partial charge in [-0.2, -0.15) is 24.3 Å². The van der Waals surface area contributed by atoms with Crippen LogP contribution in [0.4, 0.5) is 0 Å². The molecule has 0 amide bonds. The number of fused-ring (bicyclic) bond motifs is 4. The summed E-state index contributed by atoms with van der Waals surface area (Å²) < 4.78 is 0. The van der Waals surface area contributed by atoms with E-state index in [1.165, 1.54) is 109 Å². The van der Waals surface area contributed by atoms with Crippen molar-refractivity contribution in [2.45, 2.75) is 55.4 Å². The van der Waals surface area contributed by atoms with Crippen molar-refractivity contribution in [1.82, 2.24) is 0 Å². The van der Waals surface area contributed by atoms with Crippen molar-refractivity contribution in [1.29, 1.82) is 0 Å². The quantitative estimate of drug-likeness (QED) is 0.0950. The summed E-state index contributed by atoms with van der Waals surface area (Å²) in [7, 11) is 0.131. The van der Waals surface area contributed by atoms with Gasteiger partial charge in [0, 0.05) is 0 Å². The van der Waals surface area contributed by atoms with Crippen LogP contribution in [0, 0.1) is 55.4 Å². The molecule has 0 fully saturated rings. The molecule has 0 heterocycles. The number of hydrogen-bond donors (Lipinski definition) is 0. The molecule has 0 aliphatic carbocycles. The second-order valence-corrected chi connectivity index (χ2v) is 25.8. The molecule has 8 rings (SSSR count). The molecule has 8 heteroatoms. The summed E-state index contributed by atoms with van der Waals surface area (Å²) in [6.45, 7) is 36.1. The zero-order chi connectivity index (χ0) is 41.2. The Hall–Kier alpha value is -0.951. The topological polar surface area (TPSA) is 0 Å². The van der Waals surface area contributed by atoms with Gasteiger partial charge in [-0.3, -0.25) is 0 Å². The van der Waals surface area contributed by atoms with E-state index in [2.05, 4.69) is 206 Å². The smallest absolute Gasteiger partial charge is 1.00 e. The van der Waals surface area contributed by atoms with Crippen LogP contribution in [0.25, 0.3) is 43.1 Å². The van der Waals surface area contributed by atoms with Gasteiger partial charge in [-0.05, 0) is 81.0 Å².